The van der Waals surface area contributed by atoms with E-state index in [1.165, 1.54) is 6.07 Å². The second-order valence-electron chi connectivity index (χ2n) is 5.62. The number of halogens is 4. The van der Waals surface area contributed by atoms with Gasteiger partial charge >= 0.3 is 6.18 Å². The Balaban J connectivity index is 2.51. The maximum absolute atomic E-state index is 13.3. The highest BCUT2D eigenvalue weighted by atomic mass is 79.9. The Morgan fingerprint density at radius 2 is 1.88 bits per heavy atom. The summed E-state index contributed by atoms with van der Waals surface area (Å²) in [5.41, 5.74) is -1.10. The van der Waals surface area contributed by atoms with Crippen LogP contribution in [0, 0.1) is 10.1 Å². The highest BCUT2D eigenvalue weighted by molar-refractivity contribution is 9.10. The summed E-state index contributed by atoms with van der Waals surface area (Å²) in [5, 5.41) is 10.9. The summed E-state index contributed by atoms with van der Waals surface area (Å²) < 4.78 is 40.7. The molecule has 0 unspecified atom stereocenters. The second-order valence-corrected chi connectivity index (χ2v) is 6.54. The van der Waals surface area contributed by atoms with Gasteiger partial charge in [0.15, 0.2) is 0 Å². The number of alkyl halides is 3. The van der Waals surface area contributed by atoms with Crippen LogP contribution in [0.3, 0.4) is 0 Å². The van der Waals surface area contributed by atoms with Crippen molar-refractivity contribution in [3.8, 4) is 0 Å². The van der Waals surface area contributed by atoms with Gasteiger partial charge in [-0.15, -0.1) is 6.58 Å². The summed E-state index contributed by atoms with van der Waals surface area (Å²) in [4.78, 5) is 11.6. The van der Waals surface area contributed by atoms with Gasteiger partial charge in [-0.1, -0.05) is 34.1 Å². The van der Waals surface area contributed by atoms with Crippen LogP contribution < -0.4 is 4.90 Å². The molecule has 0 aliphatic rings. The van der Waals surface area contributed by atoms with Gasteiger partial charge in [-0.05, 0) is 36.8 Å². The molecule has 2 aromatic rings. The van der Waals surface area contributed by atoms with E-state index in [-0.39, 0.29) is 18.3 Å². The third-order valence-electron chi connectivity index (χ3n) is 3.96. The van der Waals surface area contributed by atoms with E-state index in [0.29, 0.717) is 0 Å². The second kappa shape index (κ2) is 7.90. The molecule has 0 heterocycles. The molecule has 0 amide bonds. The number of anilines is 1. The summed E-state index contributed by atoms with van der Waals surface area (Å²) in [6, 6.07) is 10.2. The van der Waals surface area contributed by atoms with Crippen molar-refractivity contribution in [3.63, 3.8) is 0 Å². The largest absolute Gasteiger partial charge is 0.423 e. The van der Waals surface area contributed by atoms with Crippen molar-refractivity contribution in [2.24, 2.45) is 0 Å². The van der Waals surface area contributed by atoms with Crippen molar-refractivity contribution >= 4 is 27.3 Å². The molecule has 2 rings (SSSR count). The Labute approximate surface area is 157 Å². The van der Waals surface area contributed by atoms with Crippen molar-refractivity contribution in [2.45, 2.75) is 19.1 Å². The maximum Gasteiger partial charge on any atom is 0.423 e. The van der Waals surface area contributed by atoms with Gasteiger partial charge in [-0.3, -0.25) is 10.1 Å². The van der Waals surface area contributed by atoms with E-state index in [1.54, 1.807) is 11.0 Å². The van der Waals surface area contributed by atoms with Crippen LogP contribution in [0.5, 0.6) is 0 Å². The van der Waals surface area contributed by atoms with Gasteiger partial charge in [0.2, 0.25) is 0 Å². The number of hydrogen-bond donors (Lipinski definition) is 0. The quantitative estimate of drug-likeness (QED) is 0.315. The van der Waals surface area contributed by atoms with Crippen LogP contribution in [0.4, 0.5) is 24.5 Å². The minimum absolute atomic E-state index is 0.234. The summed E-state index contributed by atoms with van der Waals surface area (Å²) in [6.07, 6.45) is -3.25. The first-order valence-corrected chi connectivity index (χ1v) is 8.43. The van der Waals surface area contributed by atoms with Gasteiger partial charge in [-0.25, -0.2) is 0 Å². The Bertz CT molecular complexity index is 807. The molecule has 0 saturated carbocycles. The molecule has 0 N–H and O–H groups in total. The fourth-order valence-corrected chi connectivity index (χ4v) is 2.90. The third kappa shape index (κ3) is 4.43. The average Bonchev–Trinajstić information content (AvgIpc) is 2.58. The van der Waals surface area contributed by atoms with Crippen molar-refractivity contribution in [1.82, 2.24) is 0 Å². The fourth-order valence-electron chi connectivity index (χ4n) is 2.64. The smallest absolute Gasteiger partial charge is 0.361 e. The number of nitro benzene ring substituents is 1. The van der Waals surface area contributed by atoms with E-state index >= 15 is 0 Å². The van der Waals surface area contributed by atoms with E-state index in [4.69, 9.17) is 0 Å². The lowest BCUT2D eigenvalue weighted by Gasteiger charge is -2.31. The molecule has 0 aliphatic carbocycles. The van der Waals surface area contributed by atoms with Gasteiger partial charge in [-0.2, -0.15) is 13.2 Å². The molecular weight excluding hydrogens is 413 g/mol. The molecule has 0 fully saturated rings. The third-order valence-corrected chi connectivity index (χ3v) is 4.49. The summed E-state index contributed by atoms with van der Waals surface area (Å²) in [6.45, 7) is 5.79. The molecule has 0 aliphatic heterocycles. The molecule has 2 aromatic carbocycles. The first kappa shape index (κ1) is 20.0. The lowest BCUT2D eigenvalue weighted by molar-refractivity contribution is -0.388. The highest BCUT2D eigenvalue weighted by Crippen LogP contribution is 2.39. The lowest BCUT2D eigenvalue weighted by atomic mass is 10.0. The molecular formula is C18H16BrF3N2O2. The Morgan fingerprint density at radius 1 is 1.27 bits per heavy atom. The molecule has 1 atom stereocenters. The average molecular weight is 429 g/mol. The zero-order valence-corrected chi connectivity index (χ0v) is 15.4. The molecule has 138 valence electrons. The number of nitrogens with zero attached hydrogens (tertiary/aromatic N) is 2. The van der Waals surface area contributed by atoms with Gasteiger partial charge < -0.3 is 4.90 Å². The molecule has 0 radical (unpaired) electrons. The van der Waals surface area contributed by atoms with Crippen molar-refractivity contribution in [2.75, 3.05) is 11.4 Å². The van der Waals surface area contributed by atoms with Crippen LogP contribution in [-0.2, 0) is 6.18 Å². The summed E-state index contributed by atoms with van der Waals surface area (Å²) in [7, 11) is 0. The van der Waals surface area contributed by atoms with Gasteiger partial charge in [0.1, 0.15) is 5.56 Å². The van der Waals surface area contributed by atoms with Crippen LogP contribution in [0.2, 0.25) is 0 Å². The zero-order valence-electron chi connectivity index (χ0n) is 13.8. The van der Waals surface area contributed by atoms with E-state index in [0.717, 1.165) is 22.2 Å². The summed E-state index contributed by atoms with van der Waals surface area (Å²) >= 11 is 3.34. The van der Waals surface area contributed by atoms with E-state index in [2.05, 4.69) is 22.5 Å². The SMILES string of the molecule is C=CCN(c1ccc([N+](=O)[O-])c(C(F)(F)F)c1)[C@H](C)c1ccc(Br)cc1. The van der Waals surface area contributed by atoms with E-state index in [9.17, 15) is 23.3 Å². The van der Waals surface area contributed by atoms with Crippen LogP contribution >= 0.6 is 15.9 Å². The van der Waals surface area contributed by atoms with Crippen molar-refractivity contribution < 1.29 is 18.1 Å². The van der Waals surface area contributed by atoms with Crippen LogP contribution in [0.15, 0.2) is 59.6 Å². The predicted molar refractivity (Wildman–Crippen MR) is 98.2 cm³/mol. The van der Waals surface area contributed by atoms with Gasteiger partial charge in [0, 0.05) is 22.8 Å². The number of benzene rings is 2. The highest BCUT2D eigenvalue weighted by Gasteiger charge is 2.39. The lowest BCUT2D eigenvalue weighted by Crippen LogP contribution is -2.27. The first-order chi connectivity index (χ1) is 12.1. The minimum Gasteiger partial charge on any atom is -0.361 e. The molecule has 0 spiro atoms. The standard InChI is InChI=1S/C18H16BrF3N2O2/c1-3-10-23(12(2)13-4-6-14(19)7-5-13)15-8-9-17(24(25)26)16(11-15)18(20,21)22/h3-9,11-12H,1,10H2,2H3/t12-/m1/s1. The Kier molecular flexibility index (Phi) is 6.07. The van der Waals surface area contributed by atoms with Gasteiger partial charge in [0.25, 0.3) is 5.69 Å². The topological polar surface area (TPSA) is 46.4 Å². The van der Waals surface area contributed by atoms with Crippen LogP contribution in [0.25, 0.3) is 0 Å². The number of hydrogen-bond acceptors (Lipinski definition) is 3. The van der Waals surface area contributed by atoms with E-state index in [1.807, 2.05) is 31.2 Å². The molecule has 26 heavy (non-hydrogen) atoms. The Morgan fingerprint density at radius 3 is 2.38 bits per heavy atom. The molecule has 8 heteroatoms. The maximum atomic E-state index is 13.3. The Hall–Kier alpha value is -2.35. The number of nitro groups is 1. The van der Waals surface area contributed by atoms with E-state index < -0.39 is 22.4 Å². The molecule has 0 aromatic heterocycles. The number of rotatable bonds is 6. The molecule has 4 nitrogen and oxygen atoms in total. The van der Waals surface area contributed by atoms with Crippen molar-refractivity contribution in [3.05, 3.63) is 80.8 Å². The minimum atomic E-state index is -4.82. The summed E-state index contributed by atoms with van der Waals surface area (Å²) in [5.74, 6) is 0. The van der Waals surface area contributed by atoms with Crippen molar-refractivity contribution in [1.29, 1.82) is 0 Å². The van der Waals surface area contributed by atoms with Crippen LogP contribution in [-0.4, -0.2) is 11.5 Å². The van der Waals surface area contributed by atoms with Crippen LogP contribution in [0.1, 0.15) is 24.1 Å². The monoisotopic (exact) mass is 428 g/mol. The predicted octanol–water partition coefficient (Wildman–Crippen LogP) is 6.13. The normalized spacial score (nSPS) is 12.5. The fraction of sp³-hybridized carbons (Fsp3) is 0.222. The van der Waals surface area contributed by atoms with Gasteiger partial charge in [0.05, 0.1) is 11.0 Å². The first-order valence-electron chi connectivity index (χ1n) is 7.63. The zero-order chi connectivity index (χ0) is 19.5. The molecule has 0 saturated heterocycles. The molecule has 0 bridgehead atoms.